The van der Waals surface area contributed by atoms with E-state index in [0.717, 1.165) is 7.11 Å². The van der Waals surface area contributed by atoms with Crippen LogP contribution in [-0.2, 0) is 20.1 Å². The third-order valence-corrected chi connectivity index (χ3v) is 2.03. The monoisotopic (exact) mass is 223 g/mol. The third-order valence-electron chi connectivity index (χ3n) is 2.03. The molecule has 16 heavy (non-hydrogen) atoms. The molecule has 0 aliphatic rings. The van der Waals surface area contributed by atoms with Crippen molar-refractivity contribution in [1.29, 1.82) is 0 Å². The minimum Gasteiger partial charge on any atom is -0.465 e. The zero-order valence-electron chi connectivity index (χ0n) is 9.06. The first-order valence-electron chi connectivity index (χ1n) is 4.65. The van der Waals surface area contributed by atoms with Crippen LogP contribution < -0.4 is 5.32 Å². The summed E-state index contributed by atoms with van der Waals surface area (Å²) in [5.74, 6) is -1.47. The molecule has 5 heteroatoms. The van der Waals surface area contributed by atoms with Crippen molar-refractivity contribution in [2.45, 2.75) is 12.6 Å². The van der Waals surface area contributed by atoms with Crippen molar-refractivity contribution in [2.24, 2.45) is 0 Å². The van der Waals surface area contributed by atoms with Crippen LogP contribution in [0.3, 0.4) is 0 Å². The first-order chi connectivity index (χ1) is 7.50. The predicted molar refractivity (Wildman–Crippen MR) is 56.2 cm³/mol. The van der Waals surface area contributed by atoms with E-state index in [1.807, 2.05) is 0 Å². The third kappa shape index (κ3) is 2.38. The Bertz CT molecular complexity index is 390. The average molecular weight is 223 g/mol. The molecular weight excluding hydrogens is 210 g/mol. The number of ether oxygens (including phenoxy) is 1. The van der Waals surface area contributed by atoms with Gasteiger partial charge < -0.3 is 15.2 Å². The summed E-state index contributed by atoms with van der Waals surface area (Å²) in [6.45, 7) is 1.21. The van der Waals surface area contributed by atoms with Crippen molar-refractivity contribution in [3.8, 4) is 0 Å². The number of aliphatic hydroxyl groups is 1. The fourth-order valence-corrected chi connectivity index (χ4v) is 1.32. The largest absolute Gasteiger partial charge is 0.465 e. The normalized spacial score (nSPS) is 13.7. The van der Waals surface area contributed by atoms with Gasteiger partial charge in [-0.1, -0.05) is 30.3 Å². The molecule has 1 unspecified atom stereocenters. The number of methoxy groups -OCH3 is 1. The number of carbonyl (C=O) groups excluding carboxylic acids is 2. The van der Waals surface area contributed by atoms with Gasteiger partial charge in [-0.05, 0) is 0 Å². The first kappa shape index (κ1) is 12.2. The highest BCUT2D eigenvalue weighted by atomic mass is 16.5. The van der Waals surface area contributed by atoms with Gasteiger partial charge in [0.05, 0.1) is 7.11 Å². The van der Waals surface area contributed by atoms with Gasteiger partial charge in [0.15, 0.2) is 0 Å². The maximum Gasteiger partial charge on any atom is 0.364 e. The lowest BCUT2D eigenvalue weighted by molar-refractivity contribution is -0.170. The maximum absolute atomic E-state index is 11.5. The molecule has 1 aromatic rings. The summed E-state index contributed by atoms with van der Waals surface area (Å²) in [6.07, 6.45) is 0. The van der Waals surface area contributed by atoms with E-state index in [-0.39, 0.29) is 5.56 Å². The lowest BCUT2D eigenvalue weighted by Crippen LogP contribution is -2.51. The molecule has 0 saturated carbocycles. The Labute approximate surface area is 93.0 Å². The Hall–Kier alpha value is -1.88. The molecule has 1 atom stereocenters. The molecule has 5 nitrogen and oxygen atoms in total. The first-order valence-corrected chi connectivity index (χ1v) is 4.65. The Morgan fingerprint density at radius 3 is 2.31 bits per heavy atom. The van der Waals surface area contributed by atoms with Crippen LogP contribution in [0.1, 0.15) is 12.5 Å². The van der Waals surface area contributed by atoms with Gasteiger partial charge in [-0.15, -0.1) is 0 Å². The van der Waals surface area contributed by atoms with Gasteiger partial charge >= 0.3 is 5.97 Å². The summed E-state index contributed by atoms with van der Waals surface area (Å²) in [4.78, 5) is 22.5. The SMILES string of the molecule is COC(=O)C(O)(NC(C)=O)c1ccccc1. The van der Waals surface area contributed by atoms with Gasteiger partial charge in [-0.3, -0.25) is 4.79 Å². The zero-order chi connectivity index (χ0) is 12.2. The summed E-state index contributed by atoms with van der Waals surface area (Å²) >= 11 is 0. The van der Waals surface area contributed by atoms with E-state index < -0.39 is 17.6 Å². The number of benzene rings is 1. The number of hydrogen-bond acceptors (Lipinski definition) is 4. The van der Waals surface area contributed by atoms with Crippen molar-refractivity contribution in [2.75, 3.05) is 7.11 Å². The Kier molecular flexibility index (Phi) is 3.63. The molecule has 2 N–H and O–H groups in total. The number of rotatable bonds is 3. The molecule has 1 amide bonds. The highest BCUT2D eigenvalue weighted by Gasteiger charge is 2.40. The minimum absolute atomic E-state index is 0.247. The topological polar surface area (TPSA) is 75.6 Å². The molecule has 0 bridgehead atoms. The number of esters is 1. The summed E-state index contributed by atoms with van der Waals surface area (Å²) in [5.41, 5.74) is -1.89. The summed E-state index contributed by atoms with van der Waals surface area (Å²) in [7, 11) is 1.14. The van der Waals surface area contributed by atoms with Gasteiger partial charge in [0.1, 0.15) is 0 Å². The van der Waals surface area contributed by atoms with Gasteiger partial charge in [-0.25, -0.2) is 4.79 Å². The molecule has 0 aliphatic heterocycles. The summed E-state index contributed by atoms with van der Waals surface area (Å²) in [6, 6.07) is 8.06. The summed E-state index contributed by atoms with van der Waals surface area (Å²) in [5, 5.41) is 12.3. The van der Waals surface area contributed by atoms with E-state index in [1.165, 1.54) is 19.1 Å². The minimum atomic E-state index is -2.14. The fraction of sp³-hybridized carbons (Fsp3) is 0.273. The van der Waals surface area contributed by atoms with E-state index in [4.69, 9.17) is 0 Å². The maximum atomic E-state index is 11.5. The van der Waals surface area contributed by atoms with Crippen LogP contribution in [-0.4, -0.2) is 24.1 Å². The predicted octanol–water partition coefficient (Wildman–Crippen LogP) is 0.141. The molecule has 0 fully saturated rings. The Balaban J connectivity index is 3.14. The van der Waals surface area contributed by atoms with Crippen molar-refractivity contribution in [3.63, 3.8) is 0 Å². The van der Waals surface area contributed by atoms with Gasteiger partial charge in [0.25, 0.3) is 5.72 Å². The van der Waals surface area contributed by atoms with Crippen LogP contribution in [0, 0.1) is 0 Å². The van der Waals surface area contributed by atoms with Crippen LogP contribution in [0.2, 0.25) is 0 Å². The number of carbonyl (C=O) groups is 2. The standard InChI is InChI=1S/C11H13NO4/c1-8(13)12-11(15,10(14)16-2)9-6-4-3-5-7-9/h3-7,15H,1-2H3,(H,12,13). The smallest absolute Gasteiger partial charge is 0.364 e. The van der Waals surface area contributed by atoms with E-state index in [2.05, 4.69) is 10.1 Å². The fourth-order valence-electron chi connectivity index (χ4n) is 1.32. The van der Waals surface area contributed by atoms with Gasteiger partial charge in [-0.2, -0.15) is 0 Å². The van der Waals surface area contributed by atoms with Crippen LogP contribution in [0.5, 0.6) is 0 Å². The molecule has 1 aromatic carbocycles. The highest BCUT2D eigenvalue weighted by molar-refractivity contribution is 5.86. The molecule has 0 aromatic heterocycles. The molecular formula is C11H13NO4. The lowest BCUT2D eigenvalue weighted by atomic mass is 10.0. The van der Waals surface area contributed by atoms with Crippen LogP contribution in [0.25, 0.3) is 0 Å². The molecule has 86 valence electrons. The van der Waals surface area contributed by atoms with Crippen molar-refractivity contribution < 1.29 is 19.4 Å². The number of amides is 1. The lowest BCUT2D eigenvalue weighted by Gasteiger charge is -2.25. The summed E-state index contributed by atoms with van der Waals surface area (Å²) < 4.78 is 4.47. The van der Waals surface area contributed by atoms with Gasteiger partial charge in [0.2, 0.25) is 5.91 Å². The molecule has 0 saturated heterocycles. The van der Waals surface area contributed by atoms with Crippen LogP contribution >= 0.6 is 0 Å². The number of nitrogens with one attached hydrogen (secondary N) is 1. The molecule has 0 aliphatic carbocycles. The quantitative estimate of drug-likeness (QED) is 0.564. The molecule has 0 heterocycles. The Morgan fingerprint density at radius 2 is 1.88 bits per heavy atom. The van der Waals surface area contributed by atoms with Crippen molar-refractivity contribution in [3.05, 3.63) is 35.9 Å². The molecule has 0 spiro atoms. The second-order valence-corrected chi connectivity index (χ2v) is 3.25. The van der Waals surface area contributed by atoms with Crippen LogP contribution in [0.4, 0.5) is 0 Å². The highest BCUT2D eigenvalue weighted by Crippen LogP contribution is 2.19. The van der Waals surface area contributed by atoms with Crippen molar-refractivity contribution in [1.82, 2.24) is 5.32 Å². The molecule has 1 rings (SSSR count). The second kappa shape index (κ2) is 4.76. The van der Waals surface area contributed by atoms with Crippen molar-refractivity contribution >= 4 is 11.9 Å². The average Bonchev–Trinajstić information content (AvgIpc) is 2.28. The molecule has 0 radical (unpaired) electrons. The number of hydrogen-bond donors (Lipinski definition) is 2. The van der Waals surface area contributed by atoms with E-state index in [1.54, 1.807) is 18.2 Å². The van der Waals surface area contributed by atoms with Gasteiger partial charge in [0, 0.05) is 12.5 Å². The Morgan fingerprint density at radius 1 is 1.31 bits per heavy atom. The second-order valence-electron chi connectivity index (χ2n) is 3.25. The van der Waals surface area contributed by atoms with E-state index in [0.29, 0.717) is 0 Å². The zero-order valence-corrected chi connectivity index (χ0v) is 9.06. The van der Waals surface area contributed by atoms with Crippen LogP contribution in [0.15, 0.2) is 30.3 Å². The van der Waals surface area contributed by atoms with E-state index >= 15 is 0 Å². The van der Waals surface area contributed by atoms with E-state index in [9.17, 15) is 14.7 Å².